The van der Waals surface area contributed by atoms with E-state index in [4.69, 9.17) is 4.74 Å². The van der Waals surface area contributed by atoms with Crippen LogP contribution in [0.25, 0.3) is 0 Å². The minimum absolute atomic E-state index is 0. The maximum Gasteiger partial charge on any atom is 0.252 e. The van der Waals surface area contributed by atoms with Gasteiger partial charge in [-0.3, -0.25) is 4.79 Å². The number of hydrogen-bond acceptors (Lipinski definition) is 4. The van der Waals surface area contributed by atoms with Crippen molar-refractivity contribution in [3.63, 3.8) is 0 Å². The van der Waals surface area contributed by atoms with Gasteiger partial charge < -0.3 is 20.3 Å². The predicted octanol–water partition coefficient (Wildman–Crippen LogP) is 1.06. The zero-order valence-corrected chi connectivity index (χ0v) is 14.7. The van der Waals surface area contributed by atoms with Gasteiger partial charge in [0, 0.05) is 20.2 Å². The van der Waals surface area contributed by atoms with Crippen molar-refractivity contribution in [3.05, 3.63) is 0 Å². The molecule has 2 rings (SSSR count). The highest BCUT2D eigenvalue weighted by Gasteiger charge is 2.39. The number of hydrogen-bond donors (Lipinski definition) is 2. The van der Waals surface area contributed by atoms with Gasteiger partial charge in [0.15, 0.2) is 0 Å². The largest absolute Gasteiger partial charge is 0.368 e. The van der Waals surface area contributed by atoms with Gasteiger partial charge in [-0.2, -0.15) is 0 Å². The Bertz CT molecular complexity index is 313. The molecule has 2 saturated heterocycles. The summed E-state index contributed by atoms with van der Waals surface area (Å²) in [5.74, 6) is 0.672. The van der Waals surface area contributed by atoms with Crippen LogP contribution in [0.15, 0.2) is 0 Å². The molecule has 0 radical (unpaired) electrons. The van der Waals surface area contributed by atoms with Crippen LogP contribution < -0.4 is 10.6 Å². The first-order chi connectivity index (χ1) is 9.20. The monoisotopic (exact) mass is 341 g/mol. The van der Waals surface area contributed by atoms with E-state index in [1.807, 2.05) is 0 Å². The third-order valence-electron chi connectivity index (χ3n) is 4.58. The van der Waals surface area contributed by atoms with E-state index in [0.717, 1.165) is 52.1 Å². The molecule has 0 saturated carbocycles. The third-order valence-corrected chi connectivity index (χ3v) is 4.58. The topological polar surface area (TPSA) is 53.6 Å². The van der Waals surface area contributed by atoms with E-state index in [9.17, 15) is 4.79 Å². The van der Waals surface area contributed by atoms with Crippen molar-refractivity contribution in [2.45, 2.75) is 31.8 Å². The summed E-state index contributed by atoms with van der Waals surface area (Å²) < 4.78 is 5.54. The maximum absolute atomic E-state index is 12.4. The van der Waals surface area contributed by atoms with Crippen molar-refractivity contribution in [1.82, 2.24) is 15.5 Å². The van der Waals surface area contributed by atoms with E-state index >= 15 is 0 Å². The van der Waals surface area contributed by atoms with Crippen LogP contribution in [0.1, 0.15) is 26.2 Å². The van der Waals surface area contributed by atoms with Crippen LogP contribution in [0.5, 0.6) is 0 Å². The number of amides is 1. The van der Waals surface area contributed by atoms with E-state index in [1.54, 1.807) is 7.11 Å². The number of nitrogens with one attached hydrogen (secondary N) is 2. The number of halogens is 2. The van der Waals surface area contributed by atoms with E-state index in [0.29, 0.717) is 5.92 Å². The van der Waals surface area contributed by atoms with Gasteiger partial charge in [0.25, 0.3) is 5.91 Å². The molecule has 2 heterocycles. The molecule has 126 valence electrons. The number of carbonyl (C=O) groups excluding carboxylic acids is 1. The highest BCUT2D eigenvalue weighted by atomic mass is 35.5. The predicted molar refractivity (Wildman–Crippen MR) is 89.6 cm³/mol. The van der Waals surface area contributed by atoms with Crippen LogP contribution in [-0.2, 0) is 9.53 Å². The van der Waals surface area contributed by atoms with Gasteiger partial charge in [0.05, 0.1) is 0 Å². The quantitative estimate of drug-likeness (QED) is 0.784. The highest BCUT2D eigenvalue weighted by Crippen LogP contribution is 2.23. The number of rotatable bonds is 5. The molecular formula is C14H29Cl2N3O2. The summed E-state index contributed by atoms with van der Waals surface area (Å²) in [4.78, 5) is 14.8. The fourth-order valence-electron chi connectivity index (χ4n) is 3.12. The Morgan fingerprint density at radius 3 is 2.57 bits per heavy atom. The minimum Gasteiger partial charge on any atom is -0.368 e. The zero-order valence-electron chi connectivity index (χ0n) is 13.0. The second-order valence-electron chi connectivity index (χ2n) is 5.71. The summed E-state index contributed by atoms with van der Waals surface area (Å²) in [6.45, 7) is 8.07. The third kappa shape index (κ3) is 5.25. The molecule has 1 unspecified atom stereocenters. The van der Waals surface area contributed by atoms with Gasteiger partial charge in [0.1, 0.15) is 5.60 Å². The average Bonchev–Trinajstić information content (AvgIpc) is 2.93. The first-order valence-corrected chi connectivity index (χ1v) is 7.46. The maximum atomic E-state index is 12.4. The molecule has 0 aromatic rings. The number of ether oxygens (including phenoxy) is 1. The first-order valence-electron chi connectivity index (χ1n) is 7.46. The molecule has 2 aliphatic heterocycles. The number of carbonyl (C=O) groups is 1. The Morgan fingerprint density at radius 1 is 1.38 bits per heavy atom. The molecule has 0 aromatic heterocycles. The number of methoxy groups -OCH3 is 1. The van der Waals surface area contributed by atoms with Gasteiger partial charge in [-0.15, -0.1) is 24.8 Å². The number of nitrogens with zero attached hydrogens (tertiary/aromatic N) is 1. The Labute approximate surface area is 140 Å². The molecule has 21 heavy (non-hydrogen) atoms. The number of likely N-dealkylation sites (tertiary alicyclic amines) is 1. The lowest BCUT2D eigenvalue weighted by molar-refractivity contribution is -0.146. The standard InChI is InChI=1S/C14H27N3O2.2ClH/c1-3-17-9-4-12(11-17)10-16-13(18)14(19-2)5-7-15-8-6-14;;/h12,15H,3-11H2,1-2H3,(H,16,18);2*1H. The average molecular weight is 342 g/mol. The molecule has 0 aromatic carbocycles. The second-order valence-corrected chi connectivity index (χ2v) is 5.71. The van der Waals surface area contributed by atoms with Crippen molar-refractivity contribution >= 4 is 30.7 Å². The van der Waals surface area contributed by atoms with E-state index in [2.05, 4.69) is 22.5 Å². The van der Waals surface area contributed by atoms with Gasteiger partial charge in [0.2, 0.25) is 0 Å². The van der Waals surface area contributed by atoms with Crippen molar-refractivity contribution in [1.29, 1.82) is 0 Å². The summed E-state index contributed by atoms with van der Waals surface area (Å²) in [6.07, 6.45) is 2.72. The fourth-order valence-corrected chi connectivity index (χ4v) is 3.12. The molecule has 1 amide bonds. The molecule has 0 aliphatic carbocycles. The van der Waals surface area contributed by atoms with Crippen molar-refractivity contribution in [2.24, 2.45) is 5.92 Å². The van der Waals surface area contributed by atoms with Gasteiger partial charge in [-0.25, -0.2) is 0 Å². The Hall–Kier alpha value is -0.0700. The summed E-state index contributed by atoms with van der Waals surface area (Å²) in [5.41, 5.74) is -0.603. The lowest BCUT2D eigenvalue weighted by atomic mass is 9.91. The summed E-state index contributed by atoms with van der Waals surface area (Å²) in [5, 5.41) is 6.38. The van der Waals surface area contributed by atoms with Gasteiger partial charge in [-0.05, 0) is 51.4 Å². The Kier molecular flexibility index (Phi) is 9.81. The van der Waals surface area contributed by atoms with Gasteiger partial charge in [-0.1, -0.05) is 6.92 Å². The molecular weight excluding hydrogens is 313 g/mol. The molecule has 5 nitrogen and oxygen atoms in total. The smallest absolute Gasteiger partial charge is 0.252 e. The lowest BCUT2D eigenvalue weighted by Crippen LogP contribution is -2.54. The molecule has 1 atom stereocenters. The van der Waals surface area contributed by atoms with Crippen LogP contribution in [0.2, 0.25) is 0 Å². The van der Waals surface area contributed by atoms with Crippen molar-refractivity contribution in [3.8, 4) is 0 Å². The molecule has 7 heteroatoms. The van der Waals surface area contributed by atoms with Crippen LogP contribution >= 0.6 is 24.8 Å². The Balaban J connectivity index is 0.00000200. The van der Waals surface area contributed by atoms with Crippen LogP contribution in [0.3, 0.4) is 0 Å². The van der Waals surface area contributed by atoms with Crippen LogP contribution in [-0.4, -0.2) is 62.8 Å². The molecule has 2 N–H and O–H groups in total. The lowest BCUT2D eigenvalue weighted by Gasteiger charge is -2.35. The van der Waals surface area contributed by atoms with Gasteiger partial charge >= 0.3 is 0 Å². The first kappa shape index (κ1) is 20.9. The van der Waals surface area contributed by atoms with E-state index in [-0.39, 0.29) is 30.7 Å². The molecule has 2 fully saturated rings. The SMILES string of the molecule is CCN1CCC(CNC(=O)C2(OC)CCNCC2)C1.Cl.Cl. The summed E-state index contributed by atoms with van der Waals surface area (Å²) in [6, 6.07) is 0. The number of piperidine rings is 1. The molecule has 0 bridgehead atoms. The van der Waals surface area contributed by atoms with Crippen molar-refractivity contribution < 1.29 is 9.53 Å². The van der Waals surface area contributed by atoms with E-state index < -0.39 is 5.60 Å². The highest BCUT2D eigenvalue weighted by molar-refractivity contribution is 5.86. The fraction of sp³-hybridized carbons (Fsp3) is 0.929. The Morgan fingerprint density at radius 2 is 2.05 bits per heavy atom. The van der Waals surface area contributed by atoms with Crippen LogP contribution in [0.4, 0.5) is 0 Å². The second kappa shape index (κ2) is 9.85. The van der Waals surface area contributed by atoms with E-state index in [1.165, 1.54) is 6.42 Å². The summed E-state index contributed by atoms with van der Waals surface area (Å²) >= 11 is 0. The molecule has 0 spiro atoms. The minimum atomic E-state index is -0.603. The molecule has 2 aliphatic rings. The van der Waals surface area contributed by atoms with Crippen molar-refractivity contribution in [2.75, 3.05) is 46.4 Å². The normalized spacial score (nSPS) is 24.8. The summed E-state index contributed by atoms with van der Waals surface area (Å²) in [7, 11) is 1.65. The van der Waals surface area contributed by atoms with Crippen LogP contribution in [0, 0.1) is 5.92 Å². The zero-order chi connectivity index (χ0) is 13.7.